The largest absolute Gasteiger partial charge is 0.352 e. The first-order valence-corrected chi connectivity index (χ1v) is 9.54. The van der Waals surface area contributed by atoms with Crippen LogP contribution in [0.3, 0.4) is 0 Å². The van der Waals surface area contributed by atoms with Gasteiger partial charge in [-0.3, -0.25) is 9.59 Å². The lowest BCUT2D eigenvalue weighted by atomic mass is 10.1. The molecule has 0 saturated carbocycles. The molecule has 3 rings (SSSR count). The van der Waals surface area contributed by atoms with Crippen molar-refractivity contribution in [1.82, 2.24) is 19.7 Å². The van der Waals surface area contributed by atoms with E-state index in [-0.39, 0.29) is 11.6 Å². The summed E-state index contributed by atoms with van der Waals surface area (Å²) in [6, 6.07) is 17.4. The Bertz CT molecular complexity index is 1100. The number of carbonyl (C=O) groups excluding carboxylic acids is 1. The number of nitrogens with zero attached hydrogens (tertiary/aromatic N) is 3. The van der Waals surface area contributed by atoms with Crippen molar-refractivity contribution in [1.29, 1.82) is 0 Å². The predicted octanol–water partition coefficient (Wildman–Crippen LogP) is 2.39. The molecule has 2 aromatic carbocycles. The summed E-state index contributed by atoms with van der Waals surface area (Å²) in [5.74, 6) is -0.383. The zero-order chi connectivity index (χ0) is 21.0. The molecule has 1 heterocycles. The van der Waals surface area contributed by atoms with Gasteiger partial charge in [0.15, 0.2) is 0 Å². The van der Waals surface area contributed by atoms with E-state index in [1.165, 1.54) is 0 Å². The van der Waals surface area contributed by atoms with Crippen molar-refractivity contribution in [3.63, 3.8) is 0 Å². The van der Waals surface area contributed by atoms with Gasteiger partial charge in [0.1, 0.15) is 0 Å². The van der Waals surface area contributed by atoms with Gasteiger partial charge >= 0.3 is 5.69 Å². The highest BCUT2D eigenvalue weighted by Crippen LogP contribution is 2.14. The van der Waals surface area contributed by atoms with E-state index in [0.29, 0.717) is 12.2 Å². The zero-order valence-corrected chi connectivity index (χ0v) is 16.7. The predicted molar refractivity (Wildman–Crippen MR) is 112 cm³/mol. The lowest BCUT2D eigenvalue weighted by Gasteiger charge is -2.18. The molecule has 1 aromatic heterocycles. The van der Waals surface area contributed by atoms with E-state index in [1.807, 2.05) is 50.2 Å². The molecule has 0 spiro atoms. The monoisotopic (exact) mass is 392 g/mol. The number of carbonyl (C=O) groups is 1. The van der Waals surface area contributed by atoms with Gasteiger partial charge in [0, 0.05) is 6.54 Å². The molecule has 0 radical (unpaired) electrons. The molecule has 0 aliphatic carbocycles. The standard InChI is InChI=1S/C22H24N4O3/c1-15(2)14-23-20(27)19-21(28)25(16(3)17-10-6-4-7-11-17)22(29)26(24-19)18-12-8-5-9-13-18/h4-13,15-16H,14H2,1-3H3,(H,23,27)/t16-/m1/s1. The van der Waals surface area contributed by atoms with Gasteiger partial charge in [-0.05, 0) is 30.5 Å². The summed E-state index contributed by atoms with van der Waals surface area (Å²) in [6.45, 7) is 6.06. The first kappa shape index (κ1) is 20.3. The zero-order valence-electron chi connectivity index (χ0n) is 16.7. The molecule has 29 heavy (non-hydrogen) atoms. The van der Waals surface area contributed by atoms with Crippen LogP contribution < -0.4 is 16.6 Å². The molecule has 7 heteroatoms. The Labute approximate surface area is 168 Å². The van der Waals surface area contributed by atoms with Crippen LogP contribution in [-0.2, 0) is 0 Å². The maximum absolute atomic E-state index is 13.2. The number of aromatic nitrogens is 3. The van der Waals surface area contributed by atoms with Crippen LogP contribution in [0.25, 0.3) is 5.69 Å². The lowest BCUT2D eigenvalue weighted by Crippen LogP contribution is -2.47. The number of benzene rings is 2. The van der Waals surface area contributed by atoms with E-state index in [9.17, 15) is 14.4 Å². The summed E-state index contributed by atoms with van der Waals surface area (Å²) in [4.78, 5) is 39.0. The molecule has 0 aliphatic rings. The molecule has 0 unspecified atom stereocenters. The fourth-order valence-corrected chi connectivity index (χ4v) is 2.97. The molecule has 1 atom stereocenters. The number of nitrogens with one attached hydrogen (secondary N) is 1. The van der Waals surface area contributed by atoms with Crippen LogP contribution in [0.4, 0.5) is 0 Å². The van der Waals surface area contributed by atoms with Crippen molar-refractivity contribution in [3.05, 3.63) is 92.8 Å². The third-order valence-electron chi connectivity index (χ3n) is 4.56. The first-order valence-electron chi connectivity index (χ1n) is 9.54. The Balaban J connectivity index is 2.21. The summed E-state index contributed by atoms with van der Waals surface area (Å²) in [6.07, 6.45) is 0. The summed E-state index contributed by atoms with van der Waals surface area (Å²) in [5.41, 5.74) is -0.356. The Kier molecular flexibility index (Phi) is 6.07. The Hall–Kier alpha value is -3.48. The maximum Gasteiger partial charge on any atom is 0.352 e. The van der Waals surface area contributed by atoms with E-state index in [1.54, 1.807) is 31.2 Å². The molecule has 0 fully saturated rings. The van der Waals surface area contributed by atoms with Gasteiger partial charge in [0.2, 0.25) is 5.69 Å². The van der Waals surface area contributed by atoms with Crippen LogP contribution in [0.1, 0.15) is 42.9 Å². The molecule has 3 aromatic rings. The Morgan fingerprint density at radius 2 is 1.55 bits per heavy atom. The number of hydrogen-bond donors (Lipinski definition) is 1. The van der Waals surface area contributed by atoms with Crippen molar-refractivity contribution in [2.75, 3.05) is 6.54 Å². The van der Waals surface area contributed by atoms with Crippen molar-refractivity contribution < 1.29 is 4.79 Å². The molecule has 1 N–H and O–H groups in total. The first-order chi connectivity index (χ1) is 13.9. The minimum absolute atomic E-state index is 0.212. The lowest BCUT2D eigenvalue weighted by molar-refractivity contribution is 0.0939. The van der Waals surface area contributed by atoms with E-state index >= 15 is 0 Å². The van der Waals surface area contributed by atoms with E-state index in [2.05, 4.69) is 10.4 Å². The molecule has 1 amide bonds. The Morgan fingerprint density at radius 1 is 0.966 bits per heavy atom. The summed E-state index contributed by atoms with van der Waals surface area (Å²) in [7, 11) is 0. The second-order valence-electron chi connectivity index (χ2n) is 7.24. The van der Waals surface area contributed by atoms with Crippen LogP contribution in [-0.4, -0.2) is 26.8 Å². The van der Waals surface area contributed by atoms with E-state index in [0.717, 1.165) is 14.8 Å². The SMILES string of the molecule is CC(C)CNC(=O)c1nn(-c2ccccc2)c(=O)n([C@H](C)c2ccccc2)c1=O. The number of amides is 1. The van der Waals surface area contributed by atoms with Gasteiger partial charge in [-0.25, -0.2) is 9.36 Å². The van der Waals surface area contributed by atoms with Crippen molar-refractivity contribution in [3.8, 4) is 5.69 Å². The Morgan fingerprint density at radius 3 is 2.14 bits per heavy atom. The summed E-state index contributed by atoms with van der Waals surface area (Å²) < 4.78 is 2.19. The highest BCUT2D eigenvalue weighted by atomic mass is 16.2. The van der Waals surface area contributed by atoms with Gasteiger partial charge in [-0.15, -0.1) is 0 Å². The molecular weight excluding hydrogens is 368 g/mol. The van der Waals surface area contributed by atoms with Gasteiger partial charge < -0.3 is 5.32 Å². The topological polar surface area (TPSA) is 86.0 Å². The van der Waals surface area contributed by atoms with Crippen molar-refractivity contribution in [2.24, 2.45) is 5.92 Å². The van der Waals surface area contributed by atoms with Crippen LogP contribution in [0, 0.1) is 5.92 Å². The minimum atomic E-state index is -0.709. The number of para-hydroxylation sites is 1. The van der Waals surface area contributed by atoms with Gasteiger partial charge in [0.25, 0.3) is 11.5 Å². The summed E-state index contributed by atoms with van der Waals surface area (Å²) >= 11 is 0. The third-order valence-corrected chi connectivity index (χ3v) is 4.56. The average molecular weight is 392 g/mol. The fourth-order valence-electron chi connectivity index (χ4n) is 2.97. The van der Waals surface area contributed by atoms with Crippen LogP contribution >= 0.6 is 0 Å². The van der Waals surface area contributed by atoms with Crippen LogP contribution in [0.2, 0.25) is 0 Å². The summed E-state index contributed by atoms with van der Waals surface area (Å²) in [5, 5.41) is 6.83. The van der Waals surface area contributed by atoms with Gasteiger partial charge in [-0.2, -0.15) is 9.78 Å². The van der Waals surface area contributed by atoms with Crippen LogP contribution in [0.15, 0.2) is 70.3 Å². The normalized spacial score (nSPS) is 12.0. The molecule has 150 valence electrons. The minimum Gasteiger partial charge on any atom is -0.350 e. The molecule has 7 nitrogen and oxygen atoms in total. The third kappa shape index (κ3) is 4.34. The number of hydrogen-bond acceptors (Lipinski definition) is 4. The molecule has 0 saturated heterocycles. The van der Waals surface area contributed by atoms with Crippen molar-refractivity contribution in [2.45, 2.75) is 26.8 Å². The molecule has 0 aliphatic heterocycles. The van der Waals surface area contributed by atoms with Crippen molar-refractivity contribution >= 4 is 5.91 Å². The average Bonchev–Trinajstić information content (AvgIpc) is 2.73. The molecular formula is C22H24N4O3. The highest BCUT2D eigenvalue weighted by Gasteiger charge is 2.23. The smallest absolute Gasteiger partial charge is 0.350 e. The molecule has 0 bridgehead atoms. The van der Waals surface area contributed by atoms with Gasteiger partial charge in [0.05, 0.1) is 11.7 Å². The highest BCUT2D eigenvalue weighted by molar-refractivity contribution is 5.91. The second-order valence-corrected chi connectivity index (χ2v) is 7.24. The van der Waals surface area contributed by atoms with Crippen LogP contribution in [0.5, 0.6) is 0 Å². The van der Waals surface area contributed by atoms with E-state index < -0.39 is 23.2 Å². The second kappa shape index (κ2) is 8.68. The fraction of sp³-hybridized carbons (Fsp3) is 0.273. The number of rotatable bonds is 6. The quantitative estimate of drug-likeness (QED) is 0.698. The van der Waals surface area contributed by atoms with Gasteiger partial charge in [-0.1, -0.05) is 62.4 Å². The van der Waals surface area contributed by atoms with E-state index in [4.69, 9.17) is 0 Å². The maximum atomic E-state index is 13.2.